The summed E-state index contributed by atoms with van der Waals surface area (Å²) in [5.74, 6) is 0.227. The van der Waals surface area contributed by atoms with E-state index in [1.807, 2.05) is 19.1 Å². The first-order valence-electron chi connectivity index (χ1n) is 6.85. The lowest BCUT2D eigenvalue weighted by Crippen LogP contribution is -2.33. The number of hydrogen-bond donors (Lipinski definition) is 2. The molecule has 0 amide bonds. The van der Waals surface area contributed by atoms with Crippen molar-refractivity contribution in [3.05, 3.63) is 60.2 Å². The third-order valence-corrected chi connectivity index (χ3v) is 3.10. The molecule has 112 valence electrons. The van der Waals surface area contributed by atoms with Gasteiger partial charge in [0.2, 0.25) is 0 Å². The summed E-state index contributed by atoms with van der Waals surface area (Å²) in [5.41, 5.74) is 1.06. The van der Waals surface area contributed by atoms with E-state index in [4.69, 9.17) is 4.74 Å². The normalized spacial score (nSPS) is 13.7. The number of aliphatic hydroxyl groups excluding tert-OH is 1. The van der Waals surface area contributed by atoms with Crippen molar-refractivity contribution in [2.45, 2.75) is 19.1 Å². The van der Waals surface area contributed by atoms with E-state index in [-0.39, 0.29) is 18.5 Å². The molecule has 1 heterocycles. The molecule has 0 saturated heterocycles. The van der Waals surface area contributed by atoms with Crippen LogP contribution in [0.25, 0.3) is 0 Å². The molecule has 1 aromatic heterocycles. The van der Waals surface area contributed by atoms with Gasteiger partial charge in [-0.05, 0) is 42.8 Å². The van der Waals surface area contributed by atoms with Crippen LogP contribution in [-0.4, -0.2) is 29.3 Å². The fourth-order valence-electron chi connectivity index (χ4n) is 1.84. The summed E-state index contributed by atoms with van der Waals surface area (Å²) in [6.07, 6.45) is 2.87. The van der Waals surface area contributed by atoms with Crippen LogP contribution in [0.15, 0.2) is 48.8 Å². The summed E-state index contributed by atoms with van der Waals surface area (Å²) in [5, 5.41) is 13.1. The lowest BCUT2D eigenvalue weighted by Gasteiger charge is -2.17. The summed E-state index contributed by atoms with van der Waals surface area (Å²) in [6, 6.07) is 9.67. The Morgan fingerprint density at radius 3 is 2.71 bits per heavy atom. The van der Waals surface area contributed by atoms with Crippen molar-refractivity contribution in [2.75, 3.05) is 13.2 Å². The van der Waals surface area contributed by atoms with E-state index >= 15 is 0 Å². The molecule has 2 rings (SSSR count). The molecule has 0 saturated carbocycles. The molecular weight excluding hydrogens is 271 g/mol. The molecule has 4 nitrogen and oxygen atoms in total. The molecule has 2 aromatic rings. The number of aromatic nitrogens is 1. The van der Waals surface area contributed by atoms with Crippen LogP contribution in [0.2, 0.25) is 0 Å². The van der Waals surface area contributed by atoms with Gasteiger partial charge in [-0.2, -0.15) is 0 Å². The Labute approximate surface area is 123 Å². The van der Waals surface area contributed by atoms with Crippen LogP contribution in [0.4, 0.5) is 4.39 Å². The molecule has 1 aromatic carbocycles. The zero-order valence-corrected chi connectivity index (χ0v) is 11.9. The number of ether oxygens (including phenoxy) is 1. The van der Waals surface area contributed by atoms with E-state index in [0.717, 1.165) is 5.56 Å². The molecule has 0 radical (unpaired) electrons. The molecule has 0 aliphatic heterocycles. The number of pyridine rings is 1. The van der Waals surface area contributed by atoms with Crippen LogP contribution in [-0.2, 0) is 0 Å². The molecule has 21 heavy (non-hydrogen) atoms. The number of nitrogens with one attached hydrogen (secondary N) is 1. The van der Waals surface area contributed by atoms with Gasteiger partial charge in [0.15, 0.2) is 0 Å². The second-order valence-corrected chi connectivity index (χ2v) is 4.84. The maximum absolute atomic E-state index is 12.7. The second kappa shape index (κ2) is 7.71. The largest absolute Gasteiger partial charge is 0.491 e. The number of benzene rings is 1. The fraction of sp³-hybridized carbons (Fsp3) is 0.312. The van der Waals surface area contributed by atoms with Gasteiger partial charge in [-0.3, -0.25) is 4.98 Å². The number of halogens is 1. The predicted molar refractivity (Wildman–Crippen MR) is 78.6 cm³/mol. The smallest absolute Gasteiger partial charge is 0.123 e. The van der Waals surface area contributed by atoms with Gasteiger partial charge in [-0.1, -0.05) is 6.07 Å². The van der Waals surface area contributed by atoms with Crippen molar-refractivity contribution < 1.29 is 14.2 Å². The van der Waals surface area contributed by atoms with Gasteiger partial charge in [0.25, 0.3) is 0 Å². The average molecular weight is 290 g/mol. The molecule has 0 aliphatic carbocycles. The Kier molecular flexibility index (Phi) is 5.66. The minimum Gasteiger partial charge on any atom is -0.491 e. The van der Waals surface area contributed by atoms with Crippen molar-refractivity contribution >= 4 is 0 Å². The van der Waals surface area contributed by atoms with Gasteiger partial charge in [0.1, 0.15) is 24.3 Å². The Bertz CT molecular complexity index is 534. The molecule has 0 spiro atoms. The van der Waals surface area contributed by atoms with Gasteiger partial charge in [0, 0.05) is 25.0 Å². The number of rotatable bonds is 7. The van der Waals surface area contributed by atoms with Crippen LogP contribution < -0.4 is 10.1 Å². The van der Waals surface area contributed by atoms with Gasteiger partial charge >= 0.3 is 0 Å². The first-order chi connectivity index (χ1) is 10.1. The molecule has 0 bridgehead atoms. The molecular formula is C16H19FN2O2. The minimum atomic E-state index is -0.644. The Morgan fingerprint density at radius 2 is 2.05 bits per heavy atom. The van der Waals surface area contributed by atoms with Crippen LogP contribution in [0.1, 0.15) is 18.5 Å². The van der Waals surface area contributed by atoms with Crippen LogP contribution >= 0.6 is 0 Å². The summed E-state index contributed by atoms with van der Waals surface area (Å²) < 4.78 is 18.1. The van der Waals surface area contributed by atoms with Gasteiger partial charge in [-0.25, -0.2) is 4.39 Å². The van der Waals surface area contributed by atoms with Crippen LogP contribution in [0, 0.1) is 5.82 Å². The molecule has 2 N–H and O–H groups in total. The lowest BCUT2D eigenvalue weighted by atomic mass is 10.1. The molecule has 2 atom stereocenters. The van der Waals surface area contributed by atoms with Gasteiger partial charge < -0.3 is 15.2 Å². The number of hydrogen-bond acceptors (Lipinski definition) is 4. The quantitative estimate of drug-likeness (QED) is 0.821. The molecule has 5 heteroatoms. The Balaban J connectivity index is 1.72. The van der Waals surface area contributed by atoms with Crippen molar-refractivity contribution in [1.29, 1.82) is 0 Å². The van der Waals surface area contributed by atoms with Gasteiger partial charge in [-0.15, -0.1) is 0 Å². The van der Waals surface area contributed by atoms with E-state index < -0.39 is 6.10 Å². The maximum atomic E-state index is 12.7. The van der Waals surface area contributed by atoms with Crippen molar-refractivity contribution in [2.24, 2.45) is 0 Å². The first-order valence-corrected chi connectivity index (χ1v) is 6.85. The Morgan fingerprint density at radius 1 is 1.29 bits per heavy atom. The minimum absolute atomic E-state index is 0.0965. The molecule has 1 unspecified atom stereocenters. The van der Waals surface area contributed by atoms with Crippen molar-refractivity contribution in [1.82, 2.24) is 10.3 Å². The van der Waals surface area contributed by atoms with E-state index in [1.54, 1.807) is 12.4 Å². The topological polar surface area (TPSA) is 54.4 Å². The van der Waals surface area contributed by atoms with Gasteiger partial charge in [0.05, 0.1) is 0 Å². The van der Waals surface area contributed by atoms with Crippen LogP contribution in [0.3, 0.4) is 0 Å². The summed E-state index contributed by atoms with van der Waals surface area (Å²) in [6.45, 7) is 2.56. The van der Waals surface area contributed by atoms with Crippen LogP contribution in [0.5, 0.6) is 5.75 Å². The lowest BCUT2D eigenvalue weighted by molar-refractivity contribution is 0.104. The van der Waals surface area contributed by atoms with E-state index in [2.05, 4.69) is 10.3 Å². The number of aliphatic hydroxyl groups is 1. The molecule has 0 aliphatic rings. The SMILES string of the molecule is C[C@H](NCC(O)COc1ccc(F)cc1)c1cccnc1. The van der Waals surface area contributed by atoms with E-state index in [0.29, 0.717) is 12.3 Å². The predicted octanol–water partition coefficient (Wildman–Crippen LogP) is 2.31. The molecule has 0 fully saturated rings. The highest BCUT2D eigenvalue weighted by molar-refractivity contribution is 5.22. The second-order valence-electron chi connectivity index (χ2n) is 4.84. The highest BCUT2D eigenvalue weighted by Gasteiger charge is 2.09. The maximum Gasteiger partial charge on any atom is 0.123 e. The summed E-state index contributed by atoms with van der Waals surface area (Å²) in [7, 11) is 0. The third kappa shape index (κ3) is 5.13. The standard InChI is InChI=1S/C16H19FN2O2/c1-12(13-3-2-8-18-9-13)19-10-15(20)11-21-16-6-4-14(17)5-7-16/h2-9,12,15,19-20H,10-11H2,1H3/t12-,15?/m0/s1. The fourth-order valence-corrected chi connectivity index (χ4v) is 1.84. The summed E-state index contributed by atoms with van der Waals surface area (Å²) >= 11 is 0. The Hall–Kier alpha value is -1.98. The van der Waals surface area contributed by atoms with Crippen molar-refractivity contribution in [3.8, 4) is 5.75 Å². The van der Waals surface area contributed by atoms with E-state index in [9.17, 15) is 9.50 Å². The first kappa shape index (κ1) is 15.4. The zero-order valence-electron chi connectivity index (χ0n) is 11.9. The van der Waals surface area contributed by atoms with E-state index in [1.165, 1.54) is 24.3 Å². The monoisotopic (exact) mass is 290 g/mol. The highest BCUT2D eigenvalue weighted by atomic mass is 19.1. The highest BCUT2D eigenvalue weighted by Crippen LogP contribution is 2.12. The number of nitrogens with zero attached hydrogens (tertiary/aromatic N) is 1. The third-order valence-electron chi connectivity index (χ3n) is 3.10. The zero-order chi connectivity index (χ0) is 15.1. The average Bonchev–Trinajstić information content (AvgIpc) is 2.53. The summed E-state index contributed by atoms with van der Waals surface area (Å²) in [4.78, 5) is 4.06. The van der Waals surface area contributed by atoms with Crippen molar-refractivity contribution in [3.63, 3.8) is 0 Å².